The highest BCUT2D eigenvalue weighted by Gasteiger charge is 2.10. The normalized spacial score (nSPS) is 14.6. The van der Waals surface area contributed by atoms with E-state index >= 15 is 0 Å². The largest absolute Gasteiger partial charge is 0.330 e. The molecule has 1 atom stereocenters. The fourth-order valence-corrected chi connectivity index (χ4v) is 1.78. The van der Waals surface area contributed by atoms with Crippen molar-refractivity contribution in [1.29, 1.82) is 0 Å². The Bertz CT molecular complexity index is 239. The van der Waals surface area contributed by atoms with Crippen LogP contribution in [0.5, 0.6) is 0 Å². The van der Waals surface area contributed by atoms with Crippen LogP contribution in [0.1, 0.15) is 20.3 Å². The molecule has 0 aromatic heterocycles. The van der Waals surface area contributed by atoms with E-state index in [4.69, 9.17) is 18.5 Å². The van der Waals surface area contributed by atoms with Crippen molar-refractivity contribution in [2.75, 3.05) is 12.4 Å². The van der Waals surface area contributed by atoms with Gasteiger partial charge in [0.25, 0.3) is 10.1 Å². The fourth-order valence-electron chi connectivity index (χ4n) is 0.595. The SMILES string of the molecule is CC(C)OP(O)OCCCS(=O)(=O)O. The Morgan fingerprint density at radius 2 is 2.00 bits per heavy atom. The topological polar surface area (TPSA) is 93.1 Å². The summed E-state index contributed by atoms with van der Waals surface area (Å²) in [6.07, 6.45) is -0.0210. The third kappa shape index (κ3) is 10.3. The lowest BCUT2D eigenvalue weighted by Gasteiger charge is -2.12. The highest BCUT2D eigenvalue weighted by Crippen LogP contribution is 2.34. The molecule has 0 radical (unpaired) electrons. The average Bonchev–Trinajstić information content (AvgIpc) is 1.95. The van der Waals surface area contributed by atoms with Crippen molar-refractivity contribution >= 4 is 18.7 Å². The van der Waals surface area contributed by atoms with Crippen LogP contribution < -0.4 is 0 Å². The lowest BCUT2D eigenvalue weighted by molar-refractivity contribution is 0.165. The number of hydrogen-bond donors (Lipinski definition) is 2. The fraction of sp³-hybridized carbons (Fsp3) is 1.00. The van der Waals surface area contributed by atoms with E-state index in [1.165, 1.54) is 0 Å². The molecule has 0 aliphatic heterocycles. The first kappa shape index (κ1) is 14.2. The molecule has 0 aliphatic carbocycles. The molecule has 0 saturated heterocycles. The van der Waals surface area contributed by atoms with Crippen LogP contribution in [0.2, 0.25) is 0 Å². The maximum absolute atomic E-state index is 10.3. The Kier molecular flexibility index (Phi) is 6.76. The van der Waals surface area contributed by atoms with Gasteiger partial charge in [-0.25, -0.2) is 0 Å². The number of rotatable bonds is 7. The van der Waals surface area contributed by atoms with Gasteiger partial charge >= 0.3 is 8.60 Å². The van der Waals surface area contributed by atoms with Crippen molar-refractivity contribution < 1.29 is 26.9 Å². The van der Waals surface area contributed by atoms with Crippen LogP contribution in [-0.4, -0.2) is 36.3 Å². The summed E-state index contributed by atoms with van der Waals surface area (Å²) in [6, 6.07) is 0. The number of hydrogen-bond acceptors (Lipinski definition) is 5. The molecule has 0 amide bonds. The Morgan fingerprint density at radius 3 is 2.43 bits per heavy atom. The van der Waals surface area contributed by atoms with E-state index in [-0.39, 0.29) is 24.9 Å². The molecular formula is C6H15O6PS. The summed E-state index contributed by atoms with van der Waals surface area (Å²) in [7, 11) is -5.88. The highest BCUT2D eigenvalue weighted by atomic mass is 32.2. The molecule has 2 N–H and O–H groups in total. The summed E-state index contributed by atoms with van der Waals surface area (Å²) in [5.74, 6) is -0.377. The molecule has 0 rings (SSSR count). The molecule has 1 unspecified atom stereocenters. The van der Waals surface area contributed by atoms with Gasteiger partial charge in [-0.05, 0) is 20.3 Å². The lowest BCUT2D eigenvalue weighted by Crippen LogP contribution is -2.07. The van der Waals surface area contributed by atoms with Gasteiger partial charge in [0.2, 0.25) is 0 Å². The van der Waals surface area contributed by atoms with Crippen LogP contribution in [0, 0.1) is 0 Å². The molecule has 8 heteroatoms. The lowest BCUT2D eigenvalue weighted by atomic mass is 10.5. The van der Waals surface area contributed by atoms with Gasteiger partial charge in [-0.2, -0.15) is 8.42 Å². The van der Waals surface area contributed by atoms with E-state index < -0.39 is 18.7 Å². The first-order valence-corrected chi connectivity index (χ1v) is 6.79. The predicted molar refractivity (Wildman–Crippen MR) is 52.3 cm³/mol. The molecule has 0 aliphatic rings. The second-order valence-electron chi connectivity index (χ2n) is 2.86. The van der Waals surface area contributed by atoms with Crippen LogP contribution in [0.3, 0.4) is 0 Å². The van der Waals surface area contributed by atoms with Gasteiger partial charge in [-0.3, -0.25) is 4.55 Å². The summed E-state index contributed by atoms with van der Waals surface area (Å²) in [5.41, 5.74) is 0. The molecule has 0 aromatic rings. The van der Waals surface area contributed by atoms with Crippen molar-refractivity contribution in [2.45, 2.75) is 26.4 Å². The molecule has 0 bridgehead atoms. The van der Waals surface area contributed by atoms with Crippen molar-refractivity contribution in [1.82, 2.24) is 0 Å². The smallest absolute Gasteiger partial charge is 0.328 e. The summed E-state index contributed by atoms with van der Waals surface area (Å²) in [5, 5.41) is 0. The van der Waals surface area contributed by atoms with Gasteiger partial charge in [-0.15, -0.1) is 0 Å². The minimum atomic E-state index is -3.94. The van der Waals surface area contributed by atoms with Crippen LogP contribution in [-0.2, 0) is 19.2 Å². The van der Waals surface area contributed by atoms with Gasteiger partial charge in [0.1, 0.15) is 0 Å². The Hall–Kier alpha value is 0.220. The summed E-state index contributed by atoms with van der Waals surface area (Å²) < 4.78 is 38.5. The third-order valence-corrected chi connectivity index (χ3v) is 2.86. The van der Waals surface area contributed by atoms with E-state index in [0.29, 0.717) is 0 Å². The first-order chi connectivity index (χ1) is 6.31. The first-order valence-electron chi connectivity index (χ1n) is 4.05. The zero-order valence-electron chi connectivity index (χ0n) is 8.08. The quantitative estimate of drug-likeness (QED) is 0.394. The zero-order valence-corrected chi connectivity index (χ0v) is 9.79. The molecular weight excluding hydrogens is 231 g/mol. The van der Waals surface area contributed by atoms with Crippen LogP contribution in [0.15, 0.2) is 0 Å². The van der Waals surface area contributed by atoms with E-state index in [9.17, 15) is 8.42 Å². The van der Waals surface area contributed by atoms with Gasteiger partial charge in [0.05, 0.1) is 18.5 Å². The van der Waals surface area contributed by atoms with Gasteiger partial charge in [0, 0.05) is 0 Å². The molecule has 0 saturated carbocycles. The van der Waals surface area contributed by atoms with E-state index in [2.05, 4.69) is 0 Å². The minimum absolute atomic E-state index is 0.0364. The van der Waals surface area contributed by atoms with Crippen molar-refractivity contribution in [3.05, 3.63) is 0 Å². The zero-order chi connectivity index (χ0) is 11.2. The maximum Gasteiger partial charge on any atom is 0.330 e. The van der Waals surface area contributed by atoms with Crippen LogP contribution in [0.25, 0.3) is 0 Å². The second kappa shape index (κ2) is 6.66. The van der Waals surface area contributed by atoms with Crippen LogP contribution in [0.4, 0.5) is 0 Å². The average molecular weight is 246 g/mol. The highest BCUT2D eigenvalue weighted by molar-refractivity contribution is 7.85. The van der Waals surface area contributed by atoms with Gasteiger partial charge in [0.15, 0.2) is 0 Å². The van der Waals surface area contributed by atoms with E-state index in [1.807, 2.05) is 0 Å². The molecule has 6 nitrogen and oxygen atoms in total. The monoisotopic (exact) mass is 246 g/mol. The van der Waals surface area contributed by atoms with Crippen molar-refractivity contribution in [3.8, 4) is 0 Å². The molecule has 0 aromatic carbocycles. The van der Waals surface area contributed by atoms with Crippen LogP contribution >= 0.6 is 8.60 Å². The Balaban J connectivity index is 3.45. The molecule has 0 spiro atoms. The van der Waals surface area contributed by atoms with Gasteiger partial charge in [-0.1, -0.05) is 0 Å². The Morgan fingerprint density at radius 1 is 1.43 bits per heavy atom. The summed E-state index contributed by atoms with van der Waals surface area (Å²) in [6.45, 7) is 3.52. The van der Waals surface area contributed by atoms with Crippen molar-refractivity contribution in [2.24, 2.45) is 0 Å². The summed E-state index contributed by atoms with van der Waals surface area (Å²) in [4.78, 5) is 9.06. The molecule has 14 heavy (non-hydrogen) atoms. The minimum Gasteiger partial charge on any atom is -0.328 e. The van der Waals surface area contributed by atoms with E-state index in [1.54, 1.807) is 13.8 Å². The van der Waals surface area contributed by atoms with Gasteiger partial charge < -0.3 is 13.9 Å². The molecule has 0 fully saturated rings. The summed E-state index contributed by atoms with van der Waals surface area (Å²) >= 11 is 0. The van der Waals surface area contributed by atoms with Crippen molar-refractivity contribution in [3.63, 3.8) is 0 Å². The Labute approximate surface area is 85.0 Å². The molecule has 0 heterocycles. The predicted octanol–water partition coefficient (Wildman–Crippen LogP) is 0.925. The van der Waals surface area contributed by atoms with E-state index in [0.717, 1.165) is 0 Å². The standard InChI is InChI=1S/C6H15O6PS/c1-6(2)12-13(7)11-4-3-5-14(8,9)10/h6-7H,3-5H2,1-2H3,(H,8,9,10). The third-order valence-electron chi connectivity index (χ3n) is 1.05. The second-order valence-corrected chi connectivity index (χ2v) is 5.38. The maximum atomic E-state index is 10.3. The molecule has 86 valence electrons.